The zero-order valence-electron chi connectivity index (χ0n) is 22.7. The Bertz CT molecular complexity index is 1880. The number of hydrogen-bond donors (Lipinski definition) is 0. The number of benzene rings is 2. The molecule has 1 aliphatic heterocycles. The van der Waals surface area contributed by atoms with Gasteiger partial charge in [-0.1, -0.05) is 49.4 Å². The van der Waals surface area contributed by atoms with Gasteiger partial charge in [-0.15, -0.1) is 0 Å². The van der Waals surface area contributed by atoms with Gasteiger partial charge in [0.1, 0.15) is 11.5 Å². The molecule has 0 aliphatic carbocycles. The van der Waals surface area contributed by atoms with E-state index in [1.165, 1.54) is 28.0 Å². The molecule has 0 radical (unpaired) electrons. The highest BCUT2D eigenvalue weighted by Gasteiger charge is 2.33. The van der Waals surface area contributed by atoms with Crippen LogP contribution in [0.3, 0.4) is 0 Å². The maximum absolute atomic E-state index is 13.8. The Morgan fingerprint density at radius 3 is 2.59 bits per heavy atom. The summed E-state index contributed by atoms with van der Waals surface area (Å²) in [5.74, 6) is 0.729. The predicted octanol–water partition coefficient (Wildman–Crippen LogP) is 5.85. The third kappa shape index (κ3) is 5.47. The van der Waals surface area contributed by atoms with Crippen LogP contribution in [-0.2, 0) is 9.53 Å². The van der Waals surface area contributed by atoms with E-state index < -0.39 is 16.9 Å². The van der Waals surface area contributed by atoms with E-state index >= 15 is 0 Å². The van der Waals surface area contributed by atoms with Gasteiger partial charge in [-0.25, -0.2) is 9.79 Å². The van der Waals surface area contributed by atoms with Crippen LogP contribution in [-0.4, -0.2) is 22.1 Å². The van der Waals surface area contributed by atoms with Crippen LogP contribution in [0.25, 0.3) is 17.4 Å². The van der Waals surface area contributed by atoms with Gasteiger partial charge in [0.2, 0.25) is 0 Å². The van der Waals surface area contributed by atoms with Crippen LogP contribution in [0, 0.1) is 10.1 Å². The zero-order valence-corrected chi connectivity index (χ0v) is 25.1. The molecule has 3 heterocycles. The van der Waals surface area contributed by atoms with Crippen molar-refractivity contribution in [2.75, 3.05) is 6.61 Å². The number of nitrogens with zero attached hydrogens (tertiary/aromatic N) is 3. The van der Waals surface area contributed by atoms with Gasteiger partial charge in [-0.3, -0.25) is 19.5 Å². The van der Waals surface area contributed by atoms with Gasteiger partial charge in [0.25, 0.3) is 11.2 Å². The van der Waals surface area contributed by atoms with Crippen molar-refractivity contribution in [1.29, 1.82) is 0 Å². The number of nitro benzene ring substituents is 1. The molecule has 210 valence electrons. The van der Waals surface area contributed by atoms with E-state index in [-0.39, 0.29) is 17.9 Å². The Balaban J connectivity index is 1.60. The number of nitro groups is 1. The Hall–Kier alpha value is -4.09. The molecule has 1 atom stereocenters. The summed E-state index contributed by atoms with van der Waals surface area (Å²) in [7, 11) is 0. The quantitative estimate of drug-likeness (QED) is 0.143. The topological polar surface area (TPSA) is 117 Å². The molecule has 0 N–H and O–H groups in total. The Labute approximate surface area is 247 Å². The lowest BCUT2D eigenvalue weighted by molar-refractivity contribution is -0.384. The number of non-ortho nitro benzene ring substituents is 1. The van der Waals surface area contributed by atoms with E-state index in [2.05, 4.69) is 34.8 Å². The lowest BCUT2D eigenvalue weighted by Crippen LogP contribution is -2.39. The number of thiazole rings is 1. The predicted molar refractivity (Wildman–Crippen MR) is 159 cm³/mol. The number of rotatable bonds is 7. The van der Waals surface area contributed by atoms with Crippen LogP contribution in [0.15, 0.2) is 84.5 Å². The number of ether oxygens (including phenoxy) is 1. The second-order valence-corrected chi connectivity index (χ2v) is 11.6. The van der Waals surface area contributed by atoms with Crippen LogP contribution in [0.4, 0.5) is 5.69 Å². The van der Waals surface area contributed by atoms with Gasteiger partial charge >= 0.3 is 5.97 Å². The standard InChI is InChI=1S/C30H26BrN3O6S/c1-5-39-29(36)26-17(4)32-30-33(27(26)19-8-6-18(7-9-19)16(2)3)28(35)25(41-30)15-21-11-13-24(40-21)22-12-10-20(34(37)38)14-23(22)31/h6-16,27H,5H2,1-4H3/b25-15-. The fourth-order valence-corrected chi connectivity index (χ4v) is 6.28. The van der Waals surface area contributed by atoms with Crippen molar-refractivity contribution in [3.05, 3.63) is 117 Å². The molecular weight excluding hydrogens is 610 g/mol. The summed E-state index contributed by atoms with van der Waals surface area (Å²) >= 11 is 4.58. The van der Waals surface area contributed by atoms with Crippen molar-refractivity contribution in [3.63, 3.8) is 0 Å². The lowest BCUT2D eigenvalue weighted by atomic mass is 9.93. The molecule has 1 aliphatic rings. The Morgan fingerprint density at radius 2 is 1.95 bits per heavy atom. The average Bonchev–Trinajstić information content (AvgIpc) is 3.52. The third-order valence-corrected chi connectivity index (χ3v) is 8.40. The number of esters is 1. The van der Waals surface area contributed by atoms with Gasteiger partial charge < -0.3 is 9.15 Å². The molecule has 2 aromatic heterocycles. The molecule has 11 heteroatoms. The van der Waals surface area contributed by atoms with E-state index in [9.17, 15) is 19.7 Å². The largest absolute Gasteiger partial charge is 0.463 e. The van der Waals surface area contributed by atoms with E-state index in [0.29, 0.717) is 48.1 Å². The van der Waals surface area contributed by atoms with E-state index in [1.54, 1.807) is 38.1 Å². The van der Waals surface area contributed by atoms with Crippen LogP contribution in [0.1, 0.15) is 56.5 Å². The van der Waals surface area contributed by atoms with E-state index in [4.69, 9.17) is 9.15 Å². The summed E-state index contributed by atoms with van der Waals surface area (Å²) in [4.78, 5) is 42.6. The highest BCUT2D eigenvalue weighted by Crippen LogP contribution is 2.33. The molecule has 0 spiro atoms. The van der Waals surface area contributed by atoms with Gasteiger partial charge in [0, 0.05) is 28.2 Å². The SMILES string of the molecule is CCOC(=O)C1=C(C)N=c2s/c(=C\c3ccc(-c4ccc([N+](=O)[O-])cc4Br)o3)c(=O)n2C1c1ccc(C(C)C)cc1. The summed E-state index contributed by atoms with van der Waals surface area (Å²) in [5, 5.41) is 11.1. The average molecular weight is 637 g/mol. The minimum Gasteiger partial charge on any atom is -0.463 e. The van der Waals surface area contributed by atoms with E-state index in [0.717, 1.165) is 11.1 Å². The monoisotopic (exact) mass is 635 g/mol. The number of aromatic nitrogens is 1. The van der Waals surface area contributed by atoms with Crippen LogP contribution in [0.5, 0.6) is 0 Å². The van der Waals surface area contributed by atoms with Gasteiger partial charge in [-0.05, 0) is 65.0 Å². The minimum absolute atomic E-state index is 0.0422. The van der Waals surface area contributed by atoms with Crippen LogP contribution in [0.2, 0.25) is 0 Å². The lowest BCUT2D eigenvalue weighted by Gasteiger charge is -2.25. The second-order valence-electron chi connectivity index (χ2n) is 9.75. The number of carbonyl (C=O) groups is 1. The van der Waals surface area contributed by atoms with Crippen LogP contribution >= 0.6 is 27.3 Å². The molecule has 0 saturated carbocycles. The molecule has 0 amide bonds. The summed E-state index contributed by atoms with van der Waals surface area (Å²) < 4.78 is 13.8. The summed E-state index contributed by atoms with van der Waals surface area (Å²) in [5.41, 5.74) is 3.03. The van der Waals surface area contributed by atoms with Crippen molar-refractivity contribution in [2.24, 2.45) is 4.99 Å². The number of fused-ring (bicyclic) bond motifs is 1. The molecule has 4 aromatic rings. The second kappa shape index (κ2) is 11.4. The first-order valence-corrected chi connectivity index (χ1v) is 14.5. The molecule has 1 unspecified atom stereocenters. The van der Waals surface area contributed by atoms with Gasteiger partial charge in [0.15, 0.2) is 4.80 Å². The summed E-state index contributed by atoms with van der Waals surface area (Å²) in [6.45, 7) is 7.89. The zero-order chi connectivity index (χ0) is 29.4. The molecule has 41 heavy (non-hydrogen) atoms. The van der Waals surface area contributed by atoms with Crippen molar-refractivity contribution < 1.29 is 18.9 Å². The third-order valence-electron chi connectivity index (χ3n) is 6.76. The van der Waals surface area contributed by atoms with E-state index in [1.807, 2.05) is 24.3 Å². The molecule has 5 rings (SSSR count). The number of hydrogen-bond acceptors (Lipinski definition) is 8. The first-order chi connectivity index (χ1) is 19.6. The smallest absolute Gasteiger partial charge is 0.338 e. The molecule has 0 bridgehead atoms. The fraction of sp³-hybridized carbons (Fsp3) is 0.233. The highest BCUT2D eigenvalue weighted by atomic mass is 79.9. The maximum Gasteiger partial charge on any atom is 0.338 e. The molecule has 9 nitrogen and oxygen atoms in total. The number of allylic oxidation sites excluding steroid dienone is 1. The normalized spacial score (nSPS) is 15.2. The molecular formula is C30H26BrN3O6S. The molecule has 0 fully saturated rings. The number of furan rings is 1. The van der Waals surface area contributed by atoms with Crippen molar-refractivity contribution in [2.45, 2.75) is 39.7 Å². The first kappa shape index (κ1) is 28.4. The van der Waals surface area contributed by atoms with Crippen molar-refractivity contribution in [3.8, 4) is 11.3 Å². The minimum atomic E-state index is -0.697. The Kier molecular flexibility index (Phi) is 7.92. The van der Waals surface area contributed by atoms with Crippen LogP contribution < -0.4 is 14.9 Å². The van der Waals surface area contributed by atoms with Crippen molar-refractivity contribution >= 4 is 45.0 Å². The fourth-order valence-electron chi connectivity index (χ4n) is 4.69. The van der Waals surface area contributed by atoms with Crippen molar-refractivity contribution in [1.82, 2.24) is 4.57 Å². The van der Waals surface area contributed by atoms with Gasteiger partial charge in [0.05, 0.1) is 33.4 Å². The molecule has 0 saturated heterocycles. The first-order valence-electron chi connectivity index (χ1n) is 12.9. The highest BCUT2D eigenvalue weighted by molar-refractivity contribution is 9.10. The summed E-state index contributed by atoms with van der Waals surface area (Å²) in [6.07, 6.45) is 1.63. The molecule has 2 aromatic carbocycles. The van der Waals surface area contributed by atoms with Gasteiger partial charge in [-0.2, -0.15) is 0 Å². The number of carbonyl (C=O) groups excluding carboxylic acids is 1. The Morgan fingerprint density at radius 1 is 1.22 bits per heavy atom. The maximum atomic E-state index is 13.8. The summed E-state index contributed by atoms with van der Waals surface area (Å²) in [6, 6.07) is 15.1. The number of halogens is 1.